The normalized spacial score (nSPS) is 10.9. The molecule has 0 saturated carbocycles. The lowest BCUT2D eigenvalue weighted by atomic mass is 10.0. The Morgan fingerprint density at radius 3 is 2.68 bits per heavy atom. The van der Waals surface area contributed by atoms with Crippen molar-refractivity contribution in [2.75, 3.05) is 11.9 Å². The third kappa shape index (κ3) is 5.19. The molecule has 1 amide bonds. The molecule has 31 heavy (non-hydrogen) atoms. The van der Waals surface area contributed by atoms with E-state index in [1.807, 2.05) is 13.0 Å². The van der Waals surface area contributed by atoms with Gasteiger partial charge >= 0.3 is 5.97 Å². The number of carboxylic acids is 1. The van der Waals surface area contributed by atoms with E-state index in [0.717, 1.165) is 11.1 Å². The number of nitrogens with one attached hydrogen (secondary N) is 1. The van der Waals surface area contributed by atoms with Crippen molar-refractivity contribution in [2.45, 2.75) is 13.8 Å². The van der Waals surface area contributed by atoms with E-state index in [9.17, 15) is 14.9 Å². The maximum atomic E-state index is 12.5. The van der Waals surface area contributed by atoms with Gasteiger partial charge in [0, 0.05) is 23.4 Å². The first-order valence-corrected chi connectivity index (χ1v) is 9.51. The maximum Gasteiger partial charge on any atom is 0.335 e. The Morgan fingerprint density at radius 1 is 1.19 bits per heavy atom. The summed E-state index contributed by atoms with van der Waals surface area (Å²) in [7, 11) is 0. The van der Waals surface area contributed by atoms with Crippen LogP contribution in [0.15, 0.2) is 64.6 Å². The number of amides is 1. The summed E-state index contributed by atoms with van der Waals surface area (Å²) in [6.07, 6.45) is 1.35. The van der Waals surface area contributed by atoms with Gasteiger partial charge in [0.05, 0.1) is 12.2 Å². The van der Waals surface area contributed by atoms with E-state index in [4.69, 9.17) is 14.3 Å². The molecule has 1 heterocycles. The number of aryl methyl sites for hydroxylation is 1. The number of carboxylic acid groups (broad SMARTS) is 1. The fourth-order valence-electron chi connectivity index (χ4n) is 2.97. The lowest BCUT2D eigenvalue weighted by molar-refractivity contribution is -0.112. The van der Waals surface area contributed by atoms with Crippen LogP contribution in [0, 0.1) is 18.3 Å². The van der Waals surface area contributed by atoms with Crippen LogP contribution in [-0.4, -0.2) is 23.6 Å². The van der Waals surface area contributed by atoms with Crippen LogP contribution in [0.25, 0.3) is 17.4 Å². The molecule has 2 N–H and O–H groups in total. The Morgan fingerprint density at radius 2 is 2.00 bits per heavy atom. The predicted molar refractivity (Wildman–Crippen MR) is 116 cm³/mol. The topological polar surface area (TPSA) is 113 Å². The first-order valence-electron chi connectivity index (χ1n) is 9.51. The molecule has 3 aromatic rings. The maximum absolute atomic E-state index is 12.5. The zero-order valence-corrected chi connectivity index (χ0v) is 17.0. The molecular weight excluding hydrogens is 396 g/mol. The van der Waals surface area contributed by atoms with Crippen molar-refractivity contribution < 1.29 is 23.8 Å². The van der Waals surface area contributed by atoms with Gasteiger partial charge in [0.25, 0.3) is 5.91 Å². The number of anilines is 1. The molecule has 0 unspecified atom stereocenters. The van der Waals surface area contributed by atoms with E-state index < -0.39 is 11.9 Å². The lowest BCUT2D eigenvalue weighted by Gasteiger charge is -2.07. The van der Waals surface area contributed by atoms with Gasteiger partial charge in [0.1, 0.15) is 28.9 Å². The van der Waals surface area contributed by atoms with Gasteiger partial charge in [0.15, 0.2) is 0 Å². The zero-order valence-electron chi connectivity index (χ0n) is 17.0. The summed E-state index contributed by atoms with van der Waals surface area (Å²) in [5, 5.41) is 21.2. The highest BCUT2D eigenvalue weighted by Crippen LogP contribution is 2.27. The molecule has 0 spiro atoms. The number of carbonyl (C=O) groups excluding carboxylic acids is 1. The highest BCUT2D eigenvalue weighted by Gasteiger charge is 2.13. The highest BCUT2D eigenvalue weighted by molar-refractivity contribution is 6.09. The fraction of sp³-hybridized carbons (Fsp3) is 0.125. The monoisotopic (exact) mass is 416 g/mol. The van der Waals surface area contributed by atoms with Crippen LogP contribution in [0.2, 0.25) is 0 Å². The van der Waals surface area contributed by atoms with Crippen LogP contribution in [0.4, 0.5) is 5.69 Å². The Labute approximate surface area is 179 Å². The Hall–Kier alpha value is -4.31. The van der Waals surface area contributed by atoms with Gasteiger partial charge in [-0.2, -0.15) is 5.26 Å². The molecule has 0 bridgehead atoms. The largest absolute Gasteiger partial charge is 0.494 e. The van der Waals surface area contributed by atoms with Crippen molar-refractivity contribution in [3.8, 4) is 23.1 Å². The van der Waals surface area contributed by atoms with Crippen molar-refractivity contribution in [2.24, 2.45) is 0 Å². The zero-order chi connectivity index (χ0) is 22.4. The van der Waals surface area contributed by atoms with Crippen LogP contribution in [0.5, 0.6) is 5.75 Å². The quantitative estimate of drug-likeness (QED) is 0.418. The van der Waals surface area contributed by atoms with Gasteiger partial charge in [-0.25, -0.2) is 4.79 Å². The second-order valence-corrected chi connectivity index (χ2v) is 6.62. The van der Waals surface area contributed by atoms with E-state index in [0.29, 0.717) is 29.6 Å². The molecular formula is C24H20N2O5. The summed E-state index contributed by atoms with van der Waals surface area (Å²) in [5.74, 6) is -0.137. The van der Waals surface area contributed by atoms with Crippen molar-refractivity contribution in [1.82, 2.24) is 0 Å². The van der Waals surface area contributed by atoms with Gasteiger partial charge in [-0.3, -0.25) is 4.79 Å². The Balaban J connectivity index is 1.80. The molecule has 0 aliphatic heterocycles. The Kier molecular flexibility index (Phi) is 6.53. The molecule has 3 rings (SSSR count). The minimum Gasteiger partial charge on any atom is -0.494 e. The molecule has 0 atom stereocenters. The molecule has 7 heteroatoms. The third-order valence-electron chi connectivity index (χ3n) is 4.42. The molecule has 0 saturated heterocycles. The van der Waals surface area contributed by atoms with Crippen LogP contribution < -0.4 is 10.1 Å². The number of rotatable bonds is 7. The van der Waals surface area contributed by atoms with Gasteiger partial charge in [-0.05, 0) is 55.8 Å². The highest BCUT2D eigenvalue weighted by atomic mass is 16.5. The van der Waals surface area contributed by atoms with Crippen molar-refractivity contribution in [1.29, 1.82) is 5.26 Å². The lowest BCUT2D eigenvalue weighted by Crippen LogP contribution is -2.13. The minimum atomic E-state index is -1.01. The summed E-state index contributed by atoms with van der Waals surface area (Å²) < 4.78 is 11.2. The van der Waals surface area contributed by atoms with E-state index in [1.54, 1.807) is 55.5 Å². The van der Waals surface area contributed by atoms with E-state index >= 15 is 0 Å². The van der Waals surface area contributed by atoms with E-state index in [-0.39, 0.29) is 11.1 Å². The van der Waals surface area contributed by atoms with Crippen LogP contribution in [-0.2, 0) is 4.79 Å². The second-order valence-electron chi connectivity index (χ2n) is 6.62. The van der Waals surface area contributed by atoms with E-state index in [1.165, 1.54) is 12.1 Å². The van der Waals surface area contributed by atoms with E-state index in [2.05, 4.69) is 5.32 Å². The van der Waals surface area contributed by atoms with Crippen LogP contribution in [0.1, 0.15) is 28.6 Å². The number of hydrogen-bond donors (Lipinski definition) is 2. The molecule has 0 fully saturated rings. The van der Waals surface area contributed by atoms with Gasteiger partial charge in [0.2, 0.25) is 0 Å². The van der Waals surface area contributed by atoms with Gasteiger partial charge in [-0.15, -0.1) is 0 Å². The number of aromatic carboxylic acids is 1. The predicted octanol–water partition coefficient (Wildman–Crippen LogP) is 4.90. The Bertz CT molecular complexity index is 1200. The number of carbonyl (C=O) groups is 2. The number of nitrogens with zero attached hydrogens (tertiary/aromatic N) is 1. The van der Waals surface area contributed by atoms with Crippen LogP contribution in [0.3, 0.4) is 0 Å². The number of ether oxygens (including phenoxy) is 1. The van der Waals surface area contributed by atoms with Crippen LogP contribution >= 0.6 is 0 Å². The molecule has 2 aromatic carbocycles. The van der Waals surface area contributed by atoms with Crippen molar-refractivity contribution in [3.63, 3.8) is 0 Å². The summed E-state index contributed by atoms with van der Waals surface area (Å²) >= 11 is 0. The van der Waals surface area contributed by atoms with Crippen molar-refractivity contribution >= 4 is 23.6 Å². The number of benzene rings is 2. The molecule has 156 valence electrons. The average Bonchev–Trinajstić information content (AvgIpc) is 3.20. The molecule has 1 aromatic heterocycles. The summed E-state index contributed by atoms with van der Waals surface area (Å²) in [6.45, 7) is 4.14. The fourth-order valence-corrected chi connectivity index (χ4v) is 2.97. The average molecular weight is 416 g/mol. The summed E-state index contributed by atoms with van der Waals surface area (Å²) in [5.41, 5.74) is 2.02. The first-order chi connectivity index (χ1) is 14.9. The summed E-state index contributed by atoms with van der Waals surface area (Å²) in [6, 6.07) is 16.8. The summed E-state index contributed by atoms with van der Waals surface area (Å²) in [4.78, 5) is 23.6. The molecule has 0 aliphatic rings. The second kappa shape index (κ2) is 9.46. The molecule has 0 aliphatic carbocycles. The molecule has 7 nitrogen and oxygen atoms in total. The number of furan rings is 1. The molecule has 0 radical (unpaired) electrons. The smallest absolute Gasteiger partial charge is 0.335 e. The minimum absolute atomic E-state index is 0.124. The first kappa shape index (κ1) is 21.4. The SMILES string of the molecule is CCOc1cccc(NC(=O)/C(C#N)=C/c2ccc(-c3ccc(C(=O)O)cc3C)o2)c1. The van der Waals surface area contributed by atoms with Crippen molar-refractivity contribution in [3.05, 3.63) is 77.1 Å². The van der Waals surface area contributed by atoms with Gasteiger partial charge in [-0.1, -0.05) is 12.1 Å². The standard InChI is InChI=1S/C24H20N2O5/c1-3-30-19-6-4-5-18(13-19)26-23(27)17(14-25)12-20-8-10-22(31-20)21-9-7-16(24(28)29)11-15(21)2/h4-13H,3H2,1-2H3,(H,26,27)(H,28,29)/b17-12+. The third-order valence-corrected chi connectivity index (χ3v) is 4.42. The number of nitriles is 1. The number of hydrogen-bond acceptors (Lipinski definition) is 5. The van der Waals surface area contributed by atoms with Gasteiger partial charge < -0.3 is 19.6 Å².